The number of carboxylic acids is 1. The number of hydrogen-bond acceptors (Lipinski definition) is 2. The average Bonchev–Trinajstić information content (AvgIpc) is 3.15. The molecule has 1 aliphatic rings. The number of nitrogens with zero attached hydrogens (tertiary/aromatic N) is 1. The number of hydrogen-bond donors (Lipinski definition) is 1. The number of rotatable bonds is 16. The Bertz CT molecular complexity index is 433. The van der Waals surface area contributed by atoms with E-state index in [4.69, 9.17) is 5.11 Å². The number of carboxylic acid groups (broad SMARTS) is 1. The fourth-order valence-corrected chi connectivity index (χ4v) is 3.81. The van der Waals surface area contributed by atoms with Gasteiger partial charge in [0, 0.05) is 13.0 Å². The smallest absolute Gasteiger partial charge is 0.326 e. The van der Waals surface area contributed by atoms with Crippen LogP contribution in [-0.4, -0.2) is 34.5 Å². The molecule has 27 heavy (non-hydrogen) atoms. The second kappa shape index (κ2) is 15.7. The Balaban J connectivity index is 1.89. The molecule has 0 spiro atoms. The van der Waals surface area contributed by atoms with Crippen molar-refractivity contribution in [3.63, 3.8) is 0 Å². The number of allylic oxidation sites excluding steroid dienone is 2. The van der Waals surface area contributed by atoms with E-state index in [0.717, 1.165) is 19.3 Å². The molecule has 0 aromatic carbocycles. The van der Waals surface area contributed by atoms with Gasteiger partial charge in [0.25, 0.3) is 0 Å². The average molecular weight is 380 g/mol. The molecule has 0 radical (unpaired) electrons. The first-order valence-corrected chi connectivity index (χ1v) is 11.3. The third kappa shape index (κ3) is 11.2. The summed E-state index contributed by atoms with van der Waals surface area (Å²) < 4.78 is 0. The monoisotopic (exact) mass is 379 g/mol. The molecule has 0 aliphatic carbocycles. The van der Waals surface area contributed by atoms with Crippen molar-refractivity contribution in [2.24, 2.45) is 0 Å². The molecule has 0 aromatic rings. The lowest BCUT2D eigenvalue weighted by molar-refractivity contribution is -0.148. The Morgan fingerprint density at radius 3 is 2.04 bits per heavy atom. The highest BCUT2D eigenvalue weighted by Crippen LogP contribution is 2.19. The summed E-state index contributed by atoms with van der Waals surface area (Å²) >= 11 is 0. The van der Waals surface area contributed by atoms with Crippen molar-refractivity contribution in [2.75, 3.05) is 6.54 Å². The predicted octanol–water partition coefficient (Wildman–Crippen LogP) is 6.10. The van der Waals surface area contributed by atoms with Gasteiger partial charge in [-0.15, -0.1) is 0 Å². The first-order chi connectivity index (χ1) is 13.2. The lowest BCUT2D eigenvalue weighted by Crippen LogP contribution is -2.40. The SMILES string of the molecule is CCCCCCCCC=CCCCCCCCC(=O)N1CCCC1C(=O)O. The van der Waals surface area contributed by atoms with Crippen LogP contribution in [-0.2, 0) is 9.59 Å². The van der Waals surface area contributed by atoms with Crippen molar-refractivity contribution < 1.29 is 14.7 Å². The predicted molar refractivity (Wildman–Crippen MR) is 112 cm³/mol. The molecule has 1 amide bonds. The Morgan fingerprint density at radius 2 is 1.44 bits per heavy atom. The zero-order valence-corrected chi connectivity index (χ0v) is 17.5. The lowest BCUT2D eigenvalue weighted by Gasteiger charge is -2.21. The molecule has 4 nitrogen and oxygen atoms in total. The Labute approximate surface area is 166 Å². The fourth-order valence-electron chi connectivity index (χ4n) is 3.81. The first-order valence-electron chi connectivity index (χ1n) is 11.3. The van der Waals surface area contributed by atoms with Crippen LogP contribution in [0.3, 0.4) is 0 Å². The van der Waals surface area contributed by atoms with Gasteiger partial charge in [0.05, 0.1) is 0 Å². The molecule has 156 valence electrons. The van der Waals surface area contributed by atoms with Gasteiger partial charge in [-0.05, 0) is 44.9 Å². The summed E-state index contributed by atoms with van der Waals surface area (Å²) in [6.45, 7) is 2.87. The van der Waals surface area contributed by atoms with Gasteiger partial charge in [-0.25, -0.2) is 4.79 Å². The van der Waals surface area contributed by atoms with Crippen LogP contribution in [0.25, 0.3) is 0 Å². The molecule has 0 bridgehead atoms. The second-order valence-electron chi connectivity index (χ2n) is 7.92. The van der Waals surface area contributed by atoms with Crippen LogP contribution < -0.4 is 0 Å². The molecule has 1 saturated heterocycles. The molecule has 1 fully saturated rings. The molecular weight excluding hydrogens is 338 g/mol. The summed E-state index contributed by atoms with van der Waals surface area (Å²) in [6.07, 6.45) is 22.7. The van der Waals surface area contributed by atoms with E-state index in [9.17, 15) is 9.59 Å². The number of unbranched alkanes of at least 4 members (excludes halogenated alkanes) is 11. The van der Waals surface area contributed by atoms with Crippen LogP contribution in [0.2, 0.25) is 0 Å². The van der Waals surface area contributed by atoms with E-state index in [1.165, 1.54) is 70.6 Å². The fraction of sp³-hybridized carbons (Fsp3) is 0.826. The topological polar surface area (TPSA) is 57.6 Å². The highest BCUT2D eigenvalue weighted by Gasteiger charge is 2.33. The minimum atomic E-state index is -0.856. The molecule has 0 aromatic heterocycles. The molecule has 4 heteroatoms. The quantitative estimate of drug-likeness (QED) is 0.260. The number of aliphatic carboxylic acids is 1. The van der Waals surface area contributed by atoms with Crippen molar-refractivity contribution in [1.29, 1.82) is 0 Å². The summed E-state index contributed by atoms with van der Waals surface area (Å²) in [5, 5.41) is 9.14. The molecule has 1 N–H and O–H groups in total. The van der Waals surface area contributed by atoms with Gasteiger partial charge >= 0.3 is 5.97 Å². The van der Waals surface area contributed by atoms with E-state index in [-0.39, 0.29) is 5.91 Å². The van der Waals surface area contributed by atoms with Crippen molar-refractivity contribution in [1.82, 2.24) is 4.90 Å². The Hall–Kier alpha value is -1.32. The van der Waals surface area contributed by atoms with Crippen molar-refractivity contribution in [2.45, 2.75) is 116 Å². The molecule has 1 aliphatic heterocycles. The van der Waals surface area contributed by atoms with Crippen LogP contribution >= 0.6 is 0 Å². The lowest BCUT2D eigenvalue weighted by atomic mass is 10.1. The zero-order valence-electron chi connectivity index (χ0n) is 17.5. The summed E-state index contributed by atoms with van der Waals surface area (Å²) in [7, 11) is 0. The molecular formula is C23H41NO3. The Morgan fingerprint density at radius 1 is 0.889 bits per heavy atom. The van der Waals surface area contributed by atoms with Gasteiger partial charge in [-0.1, -0.05) is 70.4 Å². The largest absolute Gasteiger partial charge is 0.480 e. The highest BCUT2D eigenvalue weighted by molar-refractivity contribution is 5.84. The number of amides is 1. The van der Waals surface area contributed by atoms with Crippen molar-refractivity contribution >= 4 is 11.9 Å². The van der Waals surface area contributed by atoms with Crippen LogP contribution in [0, 0.1) is 0 Å². The zero-order chi connectivity index (χ0) is 19.7. The maximum atomic E-state index is 12.1. The van der Waals surface area contributed by atoms with Gasteiger partial charge < -0.3 is 10.0 Å². The molecule has 1 unspecified atom stereocenters. The highest BCUT2D eigenvalue weighted by atomic mass is 16.4. The van der Waals surface area contributed by atoms with E-state index in [2.05, 4.69) is 19.1 Å². The molecule has 1 rings (SSSR count). The number of carbonyl (C=O) groups is 2. The van der Waals surface area contributed by atoms with E-state index in [1.807, 2.05) is 0 Å². The maximum absolute atomic E-state index is 12.1. The van der Waals surface area contributed by atoms with E-state index in [0.29, 0.717) is 19.4 Å². The minimum Gasteiger partial charge on any atom is -0.480 e. The molecule has 0 saturated carbocycles. The van der Waals surface area contributed by atoms with Gasteiger partial charge in [-0.2, -0.15) is 0 Å². The minimum absolute atomic E-state index is 0.0255. The summed E-state index contributed by atoms with van der Waals surface area (Å²) in [5.41, 5.74) is 0. The second-order valence-corrected chi connectivity index (χ2v) is 7.92. The van der Waals surface area contributed by atoms with Gasteiger partial charge in [0.15, 0.2) is 0 Å². The molecule has 1 heterocycles. The van der Waals surface area contributed by atoms with E-state index < -0.39 is 12.0 Å². The van der Waals surface area contributed by atoms with E-state index in [1.54, 1.807) is 4.90 Å². The Kier molecular flexibility index (Phi) is 13.8. The van der Waals surface area contributed by atoms with Crippen LogP contribution in [0.15, 0.2) is 12.2 Å². The summed E-state index contributed by atoms with van der Waals surface area (Å²) in [4.78, 5) is 24.8. The first kappa shape index (κ1) is 23.7. The van der Waals surface area contributed by atoms with Crippen LogP contribution in [0.5, 0.6) is 0 Å². The van der Waals surface area contributed by atoms with Crippen molar-refractivity contribution in [3.05, 3.63) is 12.2 Å². The maximum Gasteiger partial charge on any atom is 0.326 e. The summed E-state index contributed by atoms with van der Waals surface area (Å²) in [5.74, 6) is -0.831. The third-order valence-corrected chi connectivity index (χ3v) is 5.51. The number of carbonyl (C=O) groups excluding carboxylic acids is 1. The normalized spacial score (nSPS) is 17.1. The van der Waals surface area contributed by atoms with Gasteiger partial charge in [-0.3, -0.25) is 4.79 Å². The van der Waals surface area contributed by atoms with Crippen LogP contribution in [0.1, 0.15) is 110 Å². The molecule has 1 atom stereocenters. The summed E-state index contributed by atoms with van der Waals surface area (Å²) in [6, 6.07) is -0.583. The van der Waals surface area contributed by atoms with E-state index >= 15 is 0 Å². The van der Waals surface area contributed by atoms with Crippen molar-refractivity contribution in [3.8, 4) is 0 Å². The third-order valence-electron chi connectivity index (χ3n) is 5.51. The van der Waals surface area contributed by atoms with Gasteiger partial charge in [0.1, 0.15) is 6.04 Å². The van der Waals surface area contributed by atoms with Crippen LogP contribution in [0.4, 0.5) is 0 Å². The van der Waals surface area contributed by atoms with Gasteiger partial charge in [0.2, 0.25) is 5.91 Å². The number of likely N-dealkylation sites (tertiary alicyclic amines) is 1. The standard InChI is InChI=1S/C23H41NO3/c1-2-3-4-5-6-7-8-9-10-11-12-13-14-15-16-19-22(25)24-20-17-18-21(24)23(26)27/h9-10,21H,2-8,11-20H2,1H3,(H,26,27).